The standard InChI is InChI=1S/C15H13ClN2O3/c1-9-3-4-11(8-14(9)18(20)21)15(19)17-12-5-6-13(16)10(2)7-12/h3-8H,1-2H3,(H,17,19). The van der Waals surface area contributed by atoms with Crippen molar-refractivity contribution in [2.75, 3.05) is 5.32 Å². The monoisotopic (exact) mass is 304 g/mol. The molecule has 0 fully saturated rings. The third-order valence-corrected chi connectivity index (χ3v) is 3.51. The number of aryl methyl sites for hydroxylation is 2. The summed E-state index contributed by atoms with van der Waals surface area (Å²) < 4.78 is 0. The van der Waals surface area contributed by atoms with Crippen LogP contribution in [0.1, 0.15) is 21.5 Å². The molecule has 21 heavy (non-hydrogen) atoms. The molecule has 1 N–H and O–H groups in total. The van der Waals surface area contributed by atoms with Crippen LogP contribution in [0.3, 0.4) is 0 Å². The van der Waals surface area contributed by atoms with E-state index < -0.39 is 10.8 Å². The van der Waals surface area contributed by atoms with Crippen LogP contribution in [-0.4, -0.2) is 10.8 Å². The van der Waals surface area contributed by atoms with E-state index in [1.165, 1.54) is 6.07 Å². The average molecular weight is 305 g/mol. The molecule has 2 aromatic carbocycles. The molecule has 2 rings (SSSR count). The molecule has 6 heteroatoms. The largest absolute Gasteiger partial charge is 0.322 e. The van der Waals surface area contributed by atoms with Gasteiger partial charge in [0.15, 0.2) is 0 Å². The Morgan fingerprint density at radius 1 is 1.14 bits per heavy atom. The Morgan fingerprint density at radius 2 is 1.86 bits per heavy atom. The zero-order chi connectivity index (χ0) is 15.6. The summed E-state index contributed by atoms with van der Waals surface area (Å²) in [5.74, 6) is -0.403. The number of carbonyl (C=O) groups excluding carboxylic acids is 1. The Kier molecular flexibility index (Phi) is 4.23. The number of hydrogen-bond acceptors (Lipinski definition) is 3. The summed E-state index contributed by atoms with van der Waals surface area (Å²) >= 11 is 5.92. The number of benzene rings is 2. The minimum absolute atomic E-state index is 0.0741. The Morgan fingerprint density at radius 3 is 2.48 bits per heavy atom. The van der Waals surface area contributed by atoms with Crippen LogP contribution < -0.4 is 5.32 Å². The van der Waals surface area contributed by atoms with Gasteiger partial charge < -0.3 is 5.32 Å². The molecule has 0 aliphatic carbocycles. The van der Waals surface area contributed by atoms with E-state index in [1.807, 2.05) is 6.92 Å². The molecule has 5 nitrogen and oxygen atoms in total. The molecule has 2 aromatic rings. The number of anilines is 1. The Balaban J connectivity index is 2.26. The zero-order valence-electron chi connectivity index (χ0n) is 11.5. The van der Waals surface area contributed by atoms with Gasteiger partial charge >= 0.3 is 0 Å². The van der Waals surface area contributed by atoms with Gasteiger partial charge in [-0.05, 0) is 43.7 Å². The van der Waals surface area contributed by atoms with Crippen LogP contribution >= 0.6 is 11.6 Å². The molecule has 1 amide bonds. The van der Waals surface area contributed by atoms with Gasteiger partial charge in [-0.1, -0.05) is 17.7 Å². The van der Waals surface area contributed by atoms with Crippen LogP contribution in [0.4, 0.5) is 11.4 Å². The molecule has 0 bridgehead atoms. The number of nitrogens with zero attached hydrogens (tertiary/aromatic N) is 1. The van der Waals surface area contributed by atoms with E-state index in [0.29, 0.717) is 16.3 Å². The fourth-order valence-corrected chi connectivity index (χ4v) is 1.99. The lowest BCUT2D eigenvalue weighted by Crippen LogP contribution is -2.12. The summed E-state index contributed by atoms with van der Waals surface area (Å²) in [7, 11) is 0. The highest BCUT2D eigenvalue weighted by Crippen LogP contribution is 2.22. The van der Waals surface area contributed by atoms with Gasteiger partial charge in [0.1, 0.15) is 0 Å². The number of amides is 1. The van der Waals surface area contributed by atoms with Gasteiger partial charge in [0.2, 0.25) is 0 Å². The van der Waals surface area contributed by atoms with Crippen LogP contribution in [0.2, 0.25) is 5.02 Å². The third-order valence-electron chi connectivity index (χ3n) is 3.08. The SMILES string of the molecule is Cc1cc(NC(=O)c2ccc(C)c([N+](=O)[O-])c2)ccc1Cl. The van der Waals surface area contributed by atoms with E-state index in [2.05, 4.69) is 5.32 Å². The van der Waals surface area contributed by atoms with Crippen molar-refractivity contribution in [3.63, 3.8) is 0 Å². The molecule has 0 aromatic heterocycles. The van der Waals surface area contributed by atoms with E-state index >= 15 is 0 Å². The minimum Gasteiger partial charge on any atom is -0.322 e. The third kappa shape index (κ3) is 3.38. The first-order valence-electron chi connectivity index (χ1n) is 6.21. The van der Waals surface area contributed by atoms with Crippen molar-refractivity contribution in [1.82, 2.24) is 0 Å². The van der Waals surface area contributed by atoms with Crippen molar-refractivity contribution >= 4 is 28.9 Å². The van der Waals surface area contributed by atoms with Crippen LogP contribution in [0.25, 0.3) is 0 Å². The fraction of sp³-hybridized carbons (Fsp3) is 0.133. The lowest BCUT2D eigenvalue weighted by molar-refractivity contribution is -0.385. The van der Waals surface area contributed by atoms with Crippen molar-refractivity contribution in [3.05, 3.63) is 68.2 Å². The summed E-state index contributed by atoms with van der Waals surface area (Å²) in [6, 6.07) is 9.48. The van der Waals surface area contributed by atoms with Crippen molar-refractivity contribution in [2.45, 2.75) is 13.8 Å². The van der Waals surface area contributed by atoms with Crippen LogP contribution in [0.5, 0.6) is 0 Å². The molecular weight excluding hydrogens is 292 g/mol. The molecular formula is C15H13ClN2O3. The number of rotatable bonds is 3. The van der Waals surface area contributed by atoms with E-state index in [9.17, 15) is 14.9 Å². The molecule has 0 spiro atoms. The number of nitro benzene ring substituents is 1. The van der Waals surface area contributed by atoms with Gasteiger partial charge in [-0.25, -0.2) is 0 Å². The maximum absolute atomic E-state index is 12.1. The van der Waals surface area contributed by atoms with Crippen LogP contribution in [0, 0.1) is 24.0 Å². The second-order valence-corrected chi connectivity index (χ2v) is 5.08. The second-order valence-electron chi connectivity index (χ2n) is 4.68. The van der Waals surface area contributed by atoms with E-state index in [-0.39, 0.29) is 11.3 Å². The highest BCUT2D eigenvalue weighted by Gasteiger charge is 2.15. The zero-order valence-corrected chi connectivity index (χ0v) is 12.3. The molecule has 0 heterocycles. The highest BCUT2D eigenvalue weighted by molar-refractivity contribution is 6.31. The lowest BCUT2D eigenvalue weighted by Gasteiger charge is -2.07. The van der Waals surface area contributed by atoms with Gasteiger partial charge in [-0.3, -0.25) is 14.9 Å². The predicted molar refractivity (Wildman–Crippen MR) is 82.0 cm³/mol. The summed E-state index contributed by atoms with van der Waals surface area (Å²) in [5.41, 5.74) is 2.10. The number of nitrogens with one attached hydrogen (secondary N) is 1. The molecule has 0 saturated carbocycles. The van der Waals surface area contributed by atoms with Crippen LogP contribution in [-0.2, 0) is 0 Å². The van der Waals surface area contributed by atoms with E-state index in [0.717, 1.165) is 5.56 Å². The molecule has 0 saturated heterocycles. The van der Waals surface area contributed by atoms with Crippen molar-refractivity contribution in [2.24, 2.45) is 0 Å². The second kappa shape index (κ2) is 5.93. The normalized spacial score (nSPS) is 10.2. The number of hydrogen-bond donors (Lipinski definition) is 1. The van der Waals surface area contributed by atoms with Gasteiger partial charge in [0.05, 0.1) is 4.92 Å². The number of halogens is 1. The van der Waals surface area contributed by atoms with Gasteiger partial charge in [-0.15, -0.1) is 0 Å². The maximum Gasteiger partial charge on any atom is 0.273 e. The first-order chi connectivity index (χ1) is 9.88. The quantitative estimate of drug-likeness (QED) is 0.685. The first kappa shape index (κ1) is 15.0. The highest BCUT2D eigenvalue weighted by atomic mass is 35.5. The Bertz CT molecular complexity index is 729. The lowest BCUT2D eigenvalue weighted by atomic mass is 10.1. The molecule has 0 radical (unpaired) electrons. The van der Waals surface area contributed by atoms with Crippen LogP contribution in [0.15, 0.2) is 36.4 Å². The molecule has 0 atom stereocenters. The fourth-order valence-electron chi connectivity index (χ4n) is 1.87. The summed E-state index contributed by atoms with van der Waals surface area (Å²) in [5, 5.41) is 14.2. The molecule has 0 aliphatic heterocycles. The topological polar surface area (TPSA) is 72.2 Å². The molecule has 108 valence electrons. The van der Waals surface area contributed by atoms with Gasteiger partial charge in [0, 0.05) is 27.9 Å². The van der Waals surface area contributed by atoms with Gasteiger partial charge in [0.25, 0.3) is 11.6 Å². The number of carbonyl (C=O) groups is 1. The minimum atomic E-state index is -0.501. The number of nitro groups is 1. The van der Waals surface area contributed by atoms with Crippen molar-refractivity contribution in [3.8, 4) is 0 Å². The van der Waals surface area contributed by atoms with E-state index in [1.54, 1.807) is 37.3 Å². The first-order valence-corrected chi connectivity index (χ1v) is 6.59. The van der Waals surface area contributed by atoms with Crippen molar-refractivity contribution in [1.29, 1.82) is 0 Å². The predicted octanol–water partition coefficient (Wildman–Crippen LogP) is 4.12. The van der Waals surface area contributed by atoms with E-state index in [4.69, 9.17) is 11.6 Å². The smallest absolute Gasteiger partial charge is 0.273 e. The Hall–Kier alpha value is -2.40. The maximum atomic E-state index is 12.1. The molecule has 0 aliphatic rings. The molecule has 0 unspecified atom stereocenters. The average Bonchev–Trinajstić information content (AvgIpc) is 2.43. The van der Waals surface area contributed by atoms with Gasteiger partial charge in [-0.2, -0.15) is 0 Å². The Labute approximate surface area is 126 Å². The summed E-state index contributed by atoms with van der Waals surface area (Å²) in [6.45, 7) is 3.46. The summed E-state index contributed by atoms with van der Waals surface area (Å²) in [4.78, 5) is 22.5. The summed E-state index contributed by atoms with van der Waals surface area (Å²) in [6.07, 6.45) is 0. The van der Waals surface area contributed by atoms with Crippen molar-refractivity contribution < 1.29 is 9.72 Å².